The topological polar surface area (TPSA) is 85.3 Å². The molecule has 0 bridgehead atoms. The Labute approximate surface area is 199 Å². The first-order chi connectivity index (χ1) is 16.5. The van der Waals surface area contributed by atoms with Gasteiger partial charge in [-0.1, -0.05) is 36.4 Å². The van der Waals surface area contributed by atoms with E-state index in [0.717, 1.165) is 18.4 Å². The van der Waals surface area contributed by atoms with Gasteiger partial charge in [0.05, 0.1) is 31.4 Å². The average molecular weight is 466 g/mol. The highest BCUT2D eigenvalue weighted by atomic mass is 16.5. The first kappa shape index (κ1) is 23.8. The summed E-state index contributed by atoms with van der Waals surface area (Å²) >= 11 is 0. The number of hydrogen-bond acceptors (Lipinski definition) is 6. The van der Waals surface area contributed by atoms with E-state index in [2.05, 4.69) is 0 Å². The van der Waals surface area contributed by atoms with E-state index >= 15 is 0 Å². The van der Waals surface area contributed by atoms with Crippen LogP contribution in [-0.2, 0) is 20.7 Å². The van der Waals surface area contributed by atoms with E-state index in [4.69, 9.17) is 14.2 Å². The Morgan fingerprint density at radius 3 is 2.65 bits per heavy atom. The van der Waals surface area contributed by atoms with Crippen molar-refractivity contribution in [1.82, 2.24) is 4.90 Å². The van der Waals surface area contributed by atoms with E-state index in [1.165, 1.54) is 0 Å². The Morgan fingerprint density at radius 2 is 1.97 bits per heavy atom. The van der Waals surface area contributed by atoms with Crippen LogP contribution in [0.1, 0.15) is 43.4 Å². The number of Topliss-reactive ketones (excluding diaryl/α,β-unsaturated/α-hetero) is 1. The number of ether oxygens (including phenoxy) is 3. The predicted octanol–water partition coefficient (Wildman–Crippen LogP) is 4.17. The lowest BCUT2D eigenvalue weighted by Gasteiger charge is -2.29. The summed E-state index contributed by atoms with van der Waals surface area (Å²) in [6.45, 7) is 3.32. The number of benzene rings is 2. The van der Waals surface area contributed by atoms with Crippen molar-refractivity contribution in [2.45, 2.75) is 44.8 Å². The van der Waals surface area contributed by atoms with E-state index in [-0.39, 0.29) is 23.9 Å². The van der Waals surface area contributed by atoms with E-state index < -0.39 is 17.7 Å². The van der Waals surface area contributed by atoms with Crippen LogP contribution in [0.25, 0.3) is 0 Å². The Morgan fingerprint density at radius 1 is 1.18 bits per heavy atom. The second-order valence-electron chi connectivity index (χ2n) is 8.51. The molecule has 2 aliphatic heterocycles. The van der Waals surface area contributed by atoms with Crippen LogP contribution in [0.15, 0.2) is 59.9 Å². The molecule has 1 saturated heterocycles. The largest absolute Gasteiger partial charge is 0.503 e. The fourth-order valence-corrected chi connectivity index (χ4v) is 4.65. The summed E-state index contributed by atoms with van der Waals surface area (Å²) < 4.78 is 16.9. The average Bonchev–Trinajstić information content (AvgIpc) is 3.46. The van der Waals surface area contributed by atoms with Gasteiger partial charge in [0.1, 0.15) is 0 Å². The molecule has 2 aliphatic rings. The van der Waals surface area contributed by atoms with Crippen molar-refractivity contribution in [3.05, 3.63) is 71.0 Å². The quantitative estimate of drug-likeness (QED) is 0.567. The minimum absolute atomic E-state index is 0.123. The van der Waals surface area contributed by atoms with Crippen LogP contribution in [0.3, 0.4) is 0 Å². The number of rotatable bonds is 10. The van der Waals surface area contributed by atoms with Crippen molar-refractivity contribution in [2.24, 2.45) is 0 Å². The van der Waals surface area contributed by atoms with Crippen molar-refractivity contribution < 1.29 is 28.9 Å². The molecule has 0 aromatic heterocycles. The number of nitrogens with zero attached hydrogens (tertiary/aromatic N) is 1. The number of ketones is 1. The molecule has 2 aromatic rings. The third kappa shape index (κ3) is 4.94. The van der Waals surface area contributed by atoms with Gasteiger partial charge in [-0.25, -0.2) is 0 Å². The molecule has 7 nitrogen and oxygen atoms in total. The van der Waals surface area contributed by atoms with Crippen LogP contribution >= 0.6 is 0 Å². The SMILES string of the molecule is CCOc1ccc(C2C(C(=O)CCc3ccccc3)=C(O)C(=O)N2CC2CCCO2)cc1OC. The number of carbonyl (C=O) groups excluding carboxylic acids is 2. The van der Waals surface area contributed by atoms with E-state index in [1.54, 1.807) is 24.1 Å². The van der Waals surface area contributed by atoms with E-state index in [1.807, 2.05) is 43.3 Å². The monoisotopic (exact) mass is 465 g/mol. The molecule has 2 heterocycles. The number of aliphatic hydroxyl groups is 1. The van der Waals surface area contributed by atoms with Gasteiger partial charge in [-0.15, -0.1) is 0 Å². The number of amides is 1. The normalized spacial score (nSPS) is 20.2. The maximum atomic E-state index is 13.4. The number of methoxy groups -OCH3 is 1. The van der Waals surface area contributed by atoms with Gasteiger partial charge in [-0.05, 0) is 49.4 Å². The van der Waals surface area contributed by atoms with Crippen LogP contribution in [0.4, 0.5) is 0 Å². The lowest BCUT2D eigenvalue weighted by molar-refractivity contribution is -0.131. The smallest absolute Gasteiger partial charge is 0.290 e. The highest BCUT2D eigenvalue weighted by Gasteiger charge is 2.44. The summed E-state index contributed by atoms with van der Waals surface area (Å²) in [5, 5.41) is 10.8. The number of hydrogen-bond donors (Lipinski definition) is 1. The Balaban J connectivity index is 1.67. The lowest BCUT2D eigenvalue weighted by atomic mass is 9.92. The van der Waals surface area contributed by atoms with Gasteiger partial charge in [-0.2, -0.15) is 0 Å². The number of aliphatic hydroxyl groups excluding tert-OH is 1. The van der Waals surface area contributed by atoms with Crippen molar-refractivity contribution >= 4 is 11.7 Å². The molecule has 7 heteroatoms. The minimum atomic E-state index is -0.718. The van der Waals surface area contributed by atoms with Crippen LogP contribution < -0.4 is 9.47 Å². The standard InChI is InChI=1S/C27H31NO6/c1-3-33-22-14-12-19(16-23(22)32-2)25-24(21(29)13-11-18-8-5-4-6-9-18)26(30)27(31)28(25)17-20-10-7-15-34-20/h4-6,8-9,12,14,16,20,25,30H,3,7,10-11,13,15,17H2,1-2H3. The van der Waals surface area contributed by atoms with Gasteiger partial charge in [0.25, 0.3) is 5.91 Å². The van der Waals surface area contributed by atoms with E-state index in [0.29, 0.717) is 43.2 Å². The fourth-order valence-electron chi connectivity index (χ4n) is 4.65. The molecular weight excluding hydrogens is 434 g/mol. The van der Waals surface area contributed by atoms with Gasteiger partial charge in [-0.3, -0.25) is 9.59 Å². The second-order valence-corrected chi connectivity index (χ2v) is 8.51. The molecule has 1 fully saturated rings. The van der Waals surface area contributed by atoms with Crippen LogP contribution in [-0.4, -0.2) is 54.7 Å². The third-order valence-electron chi connectivity index (χ3n) is 6.32. The third-order valence-corrected chi connectivity index (χ3v) is 6.32. The maximum absolute atomic E-state index is 13.4. The molecule has 4 rings (SSSR count). The highest BCUT2D eigenvalue weighted by molar-refractivity contribution is 6.09. The summed E-state index contributed by atoms with van der Waals surface area (Å²) in [4.78, 5) is 28.1. The zero-order valence-corrected chi connectivity index (χ0v) is 19.7. The van der Waals surface area contributed by atoms with Gasteiger partial charge >= 0.3 is 0 Å². The van der Waals surface area contributed by atoms with Crippen molar-refractivity contribution in [1.29, 1.82) is 0 Å². The summed E-state index contributed by atoms with van der Waals surface area (Å²) in [5.41, 5.74) is 1.83. The number of carbonyl (C=O) groups is 2. The van der Waals surface area contributed by atoms with Crippen LogP contribution in [0, 0.1) is 0 Å². The summed E-state index contributed by atoms with van der Waals surface area (Å²) in [5.74, 6) is -0.187. The van der Waals surface area contributed by atoms with Crippen LogP contribution in [0.5, 0.6) is 11.5 Å². The molecule has 2 unspecified atom stereocenters. The molecule has 0 saturated carbocycles. The summed E-state index contributed by atoms with van der Waals surface area (Å²) in [6.07, 6.45) is 2.35. The van der Waals surface area contributed by atoms with Gasteiger partial charge in [0.2, 0.25) is 0 Å². The van der Waals surface area contributed by atoms with Gasteiger partial charge in [0.15, 0.2) is 23.0 Å². The van der Waals surface area contributed by atoms with Crippen molar-refractivity contribution in [3.8, 4) is 11.5 Å². The van der Waals surface area contributed by atoms with Gasteiger partial charge < -0.3 is 24.2 Å². The summed E-state index contributed by atoms with van der Waals surface area (Å²) in [6, 6.07) is 14.3. The van der Waals surface area contributed by atoms with Crippen LogP contribution in [0.2, 0.25) is 0 Å². The summed E-state index contributed by atoms with van der Waals surface area (Å²) in [7, 11) is 1.55. The zero-order valence-electron chi connectivity index (χ0n) is 19.7. The first-order valence-corrected chi connectivity index (χ1v) is 11.8. The molecular formula is C27H31NO6. The molecule has 2 aromatic carbocycles. The van der Waals surface area contributed by atoms with Crippen molar-refractivity contribution in [2.75, 3.05) is 26.9 Å². The molecule has 0 spiro atoms. The van der Waals surface area contributed by atoms with Crippen molar-refractivity contribution in [3.63, 3.8) is 0 Å². The Bertz CT molecular complexity index is 1060. The van der Waals surface area contributed by atoms with Gasteiger partial charge in [0, 0.05) is 19.6 Å². The molecule has 180 valence electrons. The maximum Gasteiger partial charge on any atom is 0.290 e. The molecule has 0 radical (unpaired) electrons. The fraction of sp³-hybridized carbons (Fsp3) is 0.407. The molecule has 1 amide bonds. The predicted molar refractivity (Wildman–Crippen MR) is 127 cm³/mol. The zero-order chi connectivity index (χ0) is 24.1. The lowest BCUT2D eigenvalue weighted by Crippen LogP contribution is -2.37. The first-order valence-electron chi connectivity index (χ1n) is 11.8. The molecule has 2 atom stereocenters. The highest BCUT2D eigenvalue weighted by Crippen LogP contribution is 2.41. The Kier molecular flexibility index (Phi) is 7.53. The molecule has 0 aliphatic carbocycles. The second kappa shape index (κ2) is 10.7. The molecule has 1 N–H and O–H groups in total. The minimum Gasteiger partial charge on any atom is -0.503 e. The molecule has 34 heavy (non-hydrogen) atoms. The number of aryl methyl sites for hydroxylation is 1. The van der Waals surface area contributed by atoms with E-state index in [9.17, 15) is 14.7 Å². The Hall–Kier alpha value is -3.32.